The molecule has 3 aromatic rings. The van der Waals surface area contributed by atoms with Gasteiger partial charge < -0.3 is 15.0 Å². The van der Waals surface area contributed by atoms with Gasteiger partial charge in [-0.25, -0.2) is 15.0 Å². The summed E-state index contributed by atoms with van der Waals surface area (Å²) in [4.78, 5) is 26.6. The van der Waals surface area contributed by atoms with Crippen LogP contribution in [0.4, 0.5) is 30.6 Å². The van der Waals surface area contributed by atoms with Crippen LogP contribution in [0.1, 0.15) is 30.9 Å². The van der Waals surface area contributed by atoms with Crippen molar-refractivity contribution in [3.05, 3.63) is 59.9 Å². The Kier molecular flexibility index (Phi) is 6.31. The molecular formula is C24H24F3N5O. The number of Topliss-reactive ketones (excluding diaryl/α,β-unsaturated/α-hetero) is 1. The van der Waals surface area contributed by atoms with Crippen molar-refractivity contribution < 1.29 is 18.0 Å². The van der Waals surface area contributed by atoms with Crippen LogP contribution >= 0.6 is 0 Å². The monoisotopic (exact) mass is 455 g/mol. The number of hydrogen-bond donors (Lipinski definition) is 1. The van der Waals surface area contributed by atoms with E-state index < -0.39 is 11.7 Å². The lowest BCUT2D eigenvalue weighted by molar-refractivity contribution is -0.137. The predicted octanol–water partition coefficient (Wildman–Crippen LogP) is 5.41. The molecule has 4 heterocycles. The lowest BCUT2D eigenvalue weighted by Crippen LogP contribution is -2.21. The van der Waals surface area contributed by atoms with Gasteiger partial charge in [0.05, 0.1) is 11.3 Å². The first kappa shape index (κ1) is 22.7. The zero-order valence-electron chi connectivity index (χ0n) is 18.4. The summed E-state index contributed by atoms with van der Waals surface area (Å²) in [6.07, 6.45) is -0.0235. The SMILES string of the molecule is CC(=O)C[C@H]1CCN(c2ccc(-c3cc(C)cc(Nc4cc(C(F)(F)F)ccn4)n3)cn2)C1. The third kappa shape index (κ3) is 5.66. The molecule has 0 amide bonds. The van der Waals surface area contributed by atoms with Crippen LogP contribution in [0.2, 0.25) is 0 Å². The zero-order valence-corrected chi connectivity index (χ0v) is 18.4. The van der Waals surface area contributed by atoms with Gasteiger partial charge in [-0.05, 0) is 68.1 Å². The molecule has 0 aromatic carbocycles. The van der Waals surface area contributed by atoms with Crippen LogP contribution in [0.25, 0.3) is 11.3 Å². The molecule has 1 N–H and O–H groups in total. The fourth-order valence-electron chi connectivity index (χ4n) is 4.02. The molecule has 33 heavy (non-hydrogen) atoms. The Morgan fingerprint density at radius 2 is 1.97 bits per heavy atom. The van der Waals surface area contributed by atoms with E-state index in [1.54, 1.807) is 19.2 Å². The minimum atomic E-state index is -4.45. The van der Waals surface area contributed by atoms with Crippen LogP contribution in [-0.2, 0) is 11.0 Å². The van der Waals surface area contributed by atoms with E-state index in [1.165, 1.54) is 0 Å². The largest absolute Gasteiger partial charge is 0.416 e. The second-order valence-corrected chi connectivity index (χ2v) is 8.38. The predicted molar refractivity (Wildman–Crippen MR) is 120 cm³/mol. The van der Waals surface area contributed by atoms with Gasteiger partial charge in [0.2, 0.25) is 0 Å². The van der Waals surface area contributed by atoms with E-state index in [1.807, 2.05) is 25.1 Å². The van der Waals surface area contributed by atoms with Gasteiger partial charge in [-0.1, -0.05) is 0 Å². The molecule has 1 atom stereocenters. The Bertz CT molecular complexity index is 1150. The lowest BCUT2D eigenvalue weighted by Gasteiger charge is -2.17. The van der Waals surface area contributed by atoms with Crippen molar-refractivity contribution >= 4 is 23.2 Å². The first-order chi connectivity index (χ1) is 15.7. The van der Waals surface area contributed by atoms with Crippen LogP contribution in [0.3, 0.4) is 0 Å². The molecule has 9 heteroatoms. The lowest BCUT2D eigenvalue weighted by atomic mass is 10.0. The van der Waals surface area contributed by atoms with Crippen LogP contribution < -0.4 is 10.2 Å². The number of nitrogens with one attached hydrogen (secondary N) is 1. The van der Waals surface area contributed by atoms with Crippen LogP contribution in [-0.4, -0.2) is 33.8 Å². The van der Waals surface area contributed by atoms with Crippen LogP contribution in [0.5, 0.6) is 0 Å². The van der Waals surface area contributed by atoms with Gasteiger partial charge in [0.1, 0.15) is 23.2 Å². The van der Waals surface area contributed by atoms with Gasteiger partial charge in [0, 0.05) is 37.5 Å². The van der Waals surface area contributed by atoms with E-state index in [4.69, 9.17) is 0 Å². The minimum Gasteiger partial charge on any atom is -0.356 e. The molecule has 0 saturated carbocycles. The molecule has 1 aliphatic rings. The second kappa shape index (κ2) is 9.17. The summed E-state index contributed by atoms with van der Waals surface area (Å²) in [5, 5.41) is 2.87. The number of anilines is 3. The molecule has 0 aliphatic carbocycles. The number of ketones is 1. The number of aromatic nitrogens is 3. The topological polar surface area (TPSA) is 71.0 Å². The number of alkyl halides is 3. The Hall–Kier alpha value is -3.49. The van der Waals surface area contributed by atoms with Crippen LogP contribution in [0.15, 0.2) is 48.8 Å². The average Bonchev–Trinajstić information content (AvgIpc) is 3.21. The molecule has 1 aliphatic heterocycles. The number of hydrogen-bond acceptors (Lipinski definition) is 6. The van der Waals surface area contributed by atoms with Gasteiger partial charge in [0.15, 0.2) is 0 Å². The van der Waals surface area contributed by atoms with E-state index in [-0.39, 0.29) is 11.6 Å². The number of rotatable bonds is 6. The standard InChI is InChI=1S/C24H24F3N5O/c1-15-9-20(30-22(10-15)31-21-12-19(5-7-28-21)24(25,26)27)18-3-4-23(29-13-18)32-8-6-17(14-32)11-16(2)33/h3-5,7,9-10,12-13,17H,6,8,11,14H2,1-2H3,(H,28,30,31)/t17-/m1/s1. The fourth-order valence-corrected chi connectivity index (χ4v) is 4.02. The van der Waals surface area contributed by atoms with Crippen LogP contribution in [0, 0.1) is 12.8 Å². The van der Waals surface area contributed by atoms with Gasteiger partial charge in [-0.3, -0.25) is 0 Å². The second-order valence-electron chi connectivity index (χ2n) is 8.38. The van der Waals surface area contributed by atoms with E-state index >= 15 is 0 Å². The maximum absolute atomic E-state index is 13.0. The Morgan fingerprint density at radius 1 is 1.15 bits per heavy atom. The molecular weight excluding hydrogens is 431 g/mol. The Labute approximate surface area is 189 Å². The molecule has 0 radical (unpaired) electrons. The molecule has 172 valence electrons. The van der Waals surface area contributed by atoms with Crippen molar-refractivity contribution in [2.45, 2.75) is 32.9 Å². The third-order valence-corrected chi connectivity index (χ3v) is 5.54. The summed E-state index contributed by atoms with van der Waals surface area (Å²) in [7, 11) is 0. The molecule has 0 unspecified atom stereocenters. The van der Waals surface area contributed by atoms with Crippen molar-refractivity contribution in [3.8, 4) is 11.3 Å². The third-order valence-electron chi connectivity index (χ3n) is 5.54. The fraction of sp³-hybridized carbons (Fsp3) is 0.333. The first-order valence-corrected chi connectivity index (χ1v) is 10.7. The highest BCUT2D eigenvalue weighted by atomic mass is 19.4. The van der Waals surface area contributed by atoms with Gasteiger partial charge in [-0.2, -0.15) is 13.2 Å². The quantitative estimate of drug-likeness (QED) is 0.536. The first-order valence-electron chi connectivity index (χ1n) is 10.7. The molecule has 0 bridgehead atoms. The molecule has 1 fully saturated rings. The Balaban J connectivity index is 1.51. The van der Waals surface area contributed by atoms with Gasteiger partial charge in [-0.15, -0.1) is 0 Å². The Morgan fingerprint density at radius 3 is 2.67 bits per heavy atom. The highest BCUT2D eigenvalue weighted by Crippen LogP contribution is 2.31. The normalized spacial score (nSPS) is 16.2. The summed E-state index contributed by atoms with van der Waals surface area (Å²) < 4.78 is 38.9. The maximum Gasteiger partial charge on any atom is 0.416 e. The number of halogens is 3. The van der Waals surface area contributed by atoms with Gasteiger partial charge >= 0.3 is 6.18 Å². The van der Waals surface area contributed by atoms with Gasteiger partial charge in [0.25, 0.3) is 0 Å². The van der Waals surface area contributed by atoms with Crippen molar-refractivity contribution in [2.75, 3.05) is 23.3 Å². The van der Waals surface area contributed by atoms with Crippen molar-refractivity contribution in [1.29, 1.82) is 0 Å². The highest BCUT2D eigenvalue weighted by Gasteiger charge is 2.30. The molecule has 1 saturated heterocycles. The summed E-state index contributed by atoms with van der Waals surface area (Å²) in [5.41, 5.74) is 1.56. The molecule has 4 rings (SSSR count). The smallest absolute Gasteiger partial charge is 0.356 e. The summed E-state index contributed by atoms with van der Waals surface area (Å²) >= 11 is 0. The highest BCUT2D eigenvalue weighted by molar-refractivity contribution is 5.76. The van der Waals surface area contributed by atoms with E-state index in [0.717, 1.165) is 54.8 Å². The molecule has 6 nitrogen and oxygen atoms in total. The number of pyridine rings is 3. The minimum absolute atomic E-state index is 0.0662. The van der Waals surface area contributed by atoms with Crippen molar-refractivity contribution in [3.63, 3.8) is 0 Å². The zero-order chi connectivity index (χ0) is 23.6. The van der Waals surface area contributed by atoms with E-state index in [0.29, 0.717) is 23.9 Å². The van der Waals surface area contributed by atoms with E-state index in [9.17, 15) is 18.0 Å². The maximum atomic E-state index is 13.0. The molecule has 0 spiro atoms. The van der Waals surface area contributed by atoms with Crippen molar-refractivity contribution in [1.82, 2.24) is 15.0 Å². The molecule has 3 aromatic heterocycles. The number of carbonyl (C=O) groups excluding carboxylic acids is 1. The van der Waals surface area contributed by atoms with Crippen molar-refractivity contribution in [2.24, 2.45) is 5.92 Å². The summed E-state index contributed by atoms with van der Waals surface area (Å²) in [6.45, 7) is 5.19. The van der Waals surface area contributed by atoms with E-state index in [2.05, 4.69) is 25.2 Å². The number of aryl methyl sites for hydroxylation is 1. The number of nitrogens with zero attached hydrogens (tertiary/aromatic N) is 4. The summed E-state index contributed by atoms with van der Waals surface area (Å²) in [5.74, 6) is 1.88. The number of carbonyl (C=O) groups is 1. The summed E-state index contributed by atoms with van der Waals surface area (Å²) in [6, 6.07) is 9.37. The average molecular weight is 455 g/mol.